The van der Waals surface area contributed by atoms with Gasteiger partial charge in [-0.25, -0.2) is 0 Å². The highest BCUT2D eigenvalue weighted by Crippen LogP contribution is 2.32. The highest BCUT2D eigenvalue weighted by atomic mass is 32.2. The van der Waals surface area contributed by atoms with Crippen LogP contribution in [-0.2, 0) is 4.79 Å². The average molecular weight is 428 g/mol. The molecule has 1 aromatic heterocycles. The Morgan fingerprint density at radius 3 is 2.47 bits per heavy atom. The number of hydrogen-bond donors (Lipinski definition) is 1. The fourth-order valence-corrected chi connectivity index (χ4v) is 3.85. The molecule has 1 atom stereocenters. The standard InChI is InChI=1S/C21H25N5O3S/c1-13(2)19(20(27)22-15-7-9-16(28-4)10-8-15)30-21-23-24-25-26(21)17-12-14(3)6-11-18(17)29-5/h6-13,19H,1-5H3,(H,22,27). The maximum atomic E-state index is 13.0. The summed E-state index contributed by atoms with van der Waals surface area (Å²) in [6.07, 6.45) is 0. The van der Waals surface area contributed by atoms with E-state index in [1.807, 2.05) is 39.0 Å². The van der Waals surface area contributed by atoms with E-state index in [0.717, 1.165) is 17.0 Å². The summed E-state index contributed by atoms with van der Waals surface area (Å²) in [4.78, 5) is 13.0. The average Bonchev–Trinajstić information content (AvgIpc) is 3.20. The summed E-state index contributed by atoms with van der Waals surface area (Å²) in [7, 11) is 3.21. The van der Waals surface area contributed by atoms with Gasteiger partial charge in [-0.1, -0.05) is 31.7 Å². The Bertz CT molecular complexity index is 1000. The molecule has 1 N–H and O–H groups in total. The Hall–Kier alpha value is -3.07. The summed E-state index contributed by atoms with van der Waals surface area (Å²) in [5.74, 6) is 1.32. The van der Waals surface area contributed by atoms with E-state index in [9.17, 15) is 4.79 Å². The lowest BCUT2D eigenvalue weighted by molar-refractivity contribution is -0.116. The summed E-state index contributed by atoms with van der Waals surface area (Å²) >= 11 is 1.32. The van der Waals surface area contributed by atoms with E-state index < -0.39 is 5.25 Å². The van der Waals surface area contributed by atoms with Crippen LogP contribution in [0.2, 0.25) is 0 Å². The molecule has 1 amide bonds. The molecule has 0 spiro atoms. The second-order valence-corrected chi connectivity index (χ2v) is 8.16. The summed E-state index contributed by atoms with van der Waals surface area (Å²) in [5.41, 5.74) is 2.48. The van der Waals surface area contributed by atoms with Crippen LogP contribution in [0.1, 0.15) is 19.4 Å². The Labute approximate surface area is 180 Å². The maximum Gasteiger partial charge on any atom is 0.238 e. The summed E-state index contributed by atoms with van der Waals surface area (Å²) in [6, 6.07) is 13.0. The van der Waals surface area contributed by atoms with Crippen molar-refractivity contribution < 1.29 is 14.3 Å². The van der Waals surface area contributed by atoms with Crippen LogP contribution in [0.3, 0.4) is 0 Å². The molecule has 0 radical (unpaired) electrons. The number of carbonyl (C=O) groups is 1. The number of hydrogen-bond acceptors (Lipinski definition) is 7. The van der Waals surface area contributed by atoms with Gasteiger partial charge in [-0.05, 0) is 65.2 Å². The molecule has 1 heterocycles. The molecule has 3 aromatic rings. The van der Waals surface area contributed by atoms with Gasteiger partial charge in [-0.3, -0.25) is 4.79 Å². The third-order valence-corrected chi connectivity index (χ3v) is 5.94. The number of thioether (sulfide) groups is 1. The van der Waals surface area contributed by atoms with Gasteiger partial charge in [0.25, 0.3) is 0 Å². The number of aromatic nitrogens is 4. The van der Waals surface area contributed by atoms with Crippen LogP contribution >= 0.6 is 11.8 Å². The highest BCUT2D eigenvalue weighted by molar-refractivity contribution is 8.00. The van der Waals surface area contributed by atoms with Crippen molar-refractivity contribution in [3.8, 4) is 17.2 Å². The van der Waals surface area contributed by atoms with E-state index in [1.165, 1.54) is 11.8 Å². The molecule has 2 aromatic carbocycles. The largest absolute Gasteiger partial charge is 0.497 e. The smallest absolute Gasteiger partial charge is 0.238 e. The molecule has 0 aliphatic heterocycles. The quantitative estimate of drug-likeness (QED) is 0.548. The number of carbonyl (C=O) groups excluding carboxylic acids is 1. The topological polar surface area (TPSA) is 91.2 Å². The van der Waals surface area contributed by atoms with Crippen molar-refractivity contribution in [1.82, 2.24) is 20.2 Å². The number of nitrogens with zero attached hydrogens (tertiary/aromatic N) is 4. The number of methoxy groups -OCH3 is 2. The number of aryl methyl sites for hydroxylation is 1. The van der Waals surface area contributed by atoms with Crippen molar-refractivity contribution in [1.29, 1.82) is 0 Å². The Balaban J connectivity index is 1.83. The number of amides is 1. The second-order valence-electron chi connectivity index (χ2n) is 7.05. The van der Waals surface area contributed by atoms with Crippen molar-refractivity contribution in [2.75, 3.05) is 19.5 Å². The number of ether oxygens (including phenoxy) is 2. The minimum atomic E-state index is -0.396. The number of nitrogens with one attached hydrogen (secondary N) is 1. The van der Waals surface area contributed by atoms with Gasteiger partial charge in [0.05, 0.1) is 19.5 Å². The van der Waals surface area contributed by atoms with Crippen LogP contribution in [-0.4, -0.2) is 45.6 Å². The van der Waals surface area contributed by atoms with Gasteiger partial charge in [-0.15, -0.1) is 5.10 Å². The predicted octanol–water partition coefficient (Wildman–Crippen LogP) is 3.74. The number of rotatable bonds is 8. The van der Waals surface area contributed by atoms with Crippen LogP contribution in [0.4, 0.5) is 5.69 Å². The van der Waals surface area contributed by atoms with Crippen molar-refractivity contribution in [2.45, 2.75) is 31.2 Å². The van der Waals surface area contributed by atoms with Crippen LogP contribution < -0.4 is 14.8 Å². The Kier molecular flexibility index (Phi) is 6.94. The van der Waals surface area contributed by atoms with Crippen molar-refractivity contribution >= 4 is 23.4 Å². The van der Waals surface area contributed by atoms with Crippen LogP contribution in [0.5, 0.6) is 11.5 Å². The molecule has 1 unspecified atom stereocenters. The molecular formula is C21H25N5O3S. The predicted molar refractivity (Wildman–Crippen MR) is 117 cm³/mol. The molecule has 9 heteroatoms. The molecule has 0 bridgehead atoms. The van der Waals surface area contributed by atoms with Crippen molar-refractivity contribution in [3.63, 3.8) is 0 Å². The maximum absolute atomic E-state index is 13.0. The van der Waals surface area contributed by atoms with E-state index in [-0.39, 0.29) is 11.8 Å². The molecule has 0 saturated carbocycles. The first-order valence-electron chi connectivity index (χ1n) is 9.48. The number of benzene rings is 2. The van der Waals surface area contributed by atoms with Gasteiger partial charge < -0.3 is 14.8 Å². The first-order valence-corrected chi connectivity index (χ1v) is 10.4. The van der Waals surface area contributed by atoms with Crippen LogP contribution in [0, 0.1) is 12.8 Å². The molecule has 0 aliphatic carbocycles. The molecule has 158 valence electrons. The SMILES string of the molecule is COc1ccc(NC(=O)C(Sc2nnnn2-c2cc(C)ccc2OC)C(C)C)cc1. The number of tetrazole rings is 1. The lowest BCUT2D eigenvalue weighted by Gasteiger charge is -2.19. The van der Waals surface area contributed by atoms with E-state index in [0.29, 0.717) is 16.6 Å². The normalized spacial score (nSPS) is 11.9. The molecule has 8 nitrogen and oxygen atoms in total. The lowest BCUT2D eigenvalue weighted by Crippen LogP contribution is -2.30. The van der Waals surface area contributed by atoms with Gasteiger partial charge in [-0.2, -0.15) is 4.68 Å². The van der Waals surface area contributed by atoms with E-state index in [4.69, 9.17) is 9.47 Å². The fourth-order valence-electron chi connectivity index (χ4n) is 2.86. The van der Waals surface area contributed by atoms with Crippen LogP contribution in [0.25, 0.3) is 5.69 Å². The van der Waals surface area contributed by atoms with Crippen LogP contribution in [0.15, 0.2) is 47.6 Å². The first kappa shape index (κ1) is 21.6. The zero-order valence-electron chi connectivity index (χ0n) is 17.6. The Morgan fingerprint density at radius 1 is 1.10 bits per heavy atom. The second kappa shape index (κ2) is 9.62. The van der Waals surface area contributed by atoms with Gasteiger partial charge in [0.2, 0.25) is 11.1 Å². The zero-order valence-corrected chi connectivity index (χ0v) is 18.4. The third kappa shape index (κ3) is 4.91. The molecule has 3 rings (SSSR count). The zero-order chi connectivity index (χ0) is 21.7. The lowest BCUT2D eigenvalue weighted by atomic mass is 10.1. The summed E-state index contributed by atoms with van der Waals surface area (Å²) < 4.78 is 12.2. The van der Waals surface area contributed by atoms with Gasteiger partial charge in [0.15, 0.2) is 0 Å². The fraction of sp³-hybridized carbons (Fsp3) is 0.333. The molecule has 0 fully saturated rings. The highest BCUT2D eigenvalue weighted by Gasteiger charge is 2.27. The summed E-state index contributed by atoms with van der Waals surface area (Å²) in [6.45, 7) is 5.97. The van der Waals surface area contributed by atoms with E-state index in [2.05, 4.69) is 20.8 Å². The van der Waals surface area contributed by atoms with Gasteiger partial charge >= 0.3 is 0 Å². The molecular weight excluding hydrogens is 402 g/mol. The molecule has 0 aliphatic rings. The van der Waals surface area contributed by atoms with Crippen molar-refractivity contribution in [3.05, 3.63) is 48.0 Å². The summed E-state index contributed by atoms with van der Waals surface area (Å²) in [5, 5.41) is 15.2. The van der Waals surface area contributed by atoms with Gasteiger partial charge in [0, 0.05) is 5.69 Å². The minimum absolute atomic E-state index is 0.0535. The molecule has 30 heavy (non-hydrogen) atoms. The third-order valence-electron chi connectivity index (χ3n) is 4.46. The number of anilines is 1. The molecule has 0 saturated heterocycles. The first-order chi connectivity index (χ1) is 14.4. The minimum Gasteiger partial charge on any atom is -0.497 e. The van der Waals surface area contributed by atoms with Gasteiger partial charge in [0.1, 0.15) is 17.2 Å². The monoisotopic (exact) mass is 427 g/mol. The van der Waals surface area contributed by atoms with Crippen molar-refractivity contribution in [2.24, 2.45) is 5.92 Å². The van der Waals surface area contributed by atoms with E-state index >= 15 is 0 Å². The van der Waals surface area contributed by atoms with E-state index in [1.54, 1.807) is 43.2 Å². The Morgan fingerprint density at radius 2 is 1.83 bits per heavy atom.